The largest absolute Gasteiger partial charge is 0.355 e. The molecule has 0 saturated carbocycles. The van der Waals surface area contributed by atoms with E-state index in [1.807, 2.05) is 0 Å². The summed E-state index contributed by atoms with van der Waals surface area (Å²) in [4.78, 5) is 14.1. The second-order valence-electron chi connectivity index (χ2n) is 4.82. The van der Waals surface area contributed by atoms with Crippen LogP contribution in [0.1, 0.15) is 39.5 Å². The van der Waals surface area contributed by atoms with Crippen LogP contribution >= 0.6 is 0 Å². The van der Waals surface area contributed by atoms with Crippen molar-refractivity contribution in [2.75, 3.05) is 32.7 Å². The first-order valence-electron chi connectivity index (χ1n) is 6.99. The lowest BCUT2D eigenvalue weighted by Gasteiger charge is -2.34. The number of carbonyl (C=O) groups excluding carboxylic acids is 1. The van der Waals surface area contributed by atoms with Crippen molar-refractivity contribution in [3.63, 3.8) is 0 Å². The second kappa shape index (κ2) is 8.48. The first-order valence-corrected chi connectivity index (χ1v) is 6.99. The summed E-state index contributed by atoms with van der Waals surface area (Å²) < 4.78 is 0. The molecule has 1 rings (SSSR count). The van der Waals surface area contributed by atoms with E-state index >= 15 is 0 Å². The van der Waals surface area contributed by atoms with Crippen molar-refractivity contribution < 1.29 is 4.79 Å². The van der Waals surface area contributed by atoms with E-state index in [0.29, 0.717) is 12.6 Å². The van der Waals surface area contributed by atoms with Gasteiger partial charge >= 0.3 is 0 Å². The predicted molar refractivity (Wildman–Crippen MR) is 71.1 cm³/mol. The summed E-state index contributed by atoms with van der Waals surface area (Å²) in [5.41, 5.74) is 0. The zero-order valence-electron chi connectivity index (χ0n) is 11.3. The van der Waals surface area contributed by atoms with Gasteiger partial charge in [0.05, 0.1) is 6.54 Å². The molecule has 0 aromatic heterocycles. The Bertz CT molecular complexity index is 215. The molecule has 1 aliphatic heterocycles. The molecule has 2 N–H and O–H groups in total. The van der Waals surface area contributed by atoms with Crippen molar-refractivity contribution in [2.45, 2.75) is 45.6 Å². The molecule has 0 aromatic rings. The Morgan fingerprint density at radius 3 is 2.82 bits per heavy atom. The molecule has 0 bridgehead atoms. The summed E-state index contributed by atoms with van der Waals surface area (Å²) in [5.74, 6) is 0.172. The summed E-state index contributed by atoms with van der Waals surface area (Å²) in [5, 5.41) is 6.38. The summed E-state index contributed by atoms with van der Waals surface area (Å²) in [6.45, 7) is 8.77. The number of nitrogens with one attached hydrogen (secondary N) is 2. The van der Waals surface area contributed by atoms with Crippen molar-refractivity contribution in [3.05, 3.63) is 0 Å². The first kappa shape index (κ1) is 14.5. The Hall–Kier alpha value is -0.610. The molecule has 0 aliphatic carbocycles. The van der Waals surface area contributed by atoms with Crippen molar-refractivity contribution in [1.82, 2.24) is 15.5 Å². The van der Waals surface area contributed by atoms with E-state index in [-0.39, 0.29) is 5.91 Å². The molecule has 0 spiro atoms. The van der Waals surface area contributed by atoms with Crippen LogP contribution in [0, 0.1) is 0 Å². The van der Waals surface area contributed by atoms with E-state index in [4.69, 9.17) is 0 Å². The second-order valence-corrected chi connectivity index (χ2v) is 4.82. The van der Waals surface area contributed by atoms with E-state index in [1.54, 1.807) is 0 Å². The molecule has 17 heavy (non-hydrogen) atoms. The molecule has 1 unspecified atom stereocenters. The van der Waals surface area contributed by atoms with Gasteiger partial charge < -0.3 is 10.6 Å². The van der Waals surface area contributed by atoms with Crippen molar-refractivity contribution in [1.29, 1.82) is 0 Å². The van der Waals surface area contributed by atoms with Gasteiger partial charge in [0.2, 0.25) is 5.91 Å². The van der Waals surface area contributed by atoms with Gasteiger partial charge in [0, 0.05) is 19.1 Å². The predicted octanol–water partition coefficient (Wildman–Crippen LogP) is 0.977. The minimum atomic E-state index is 0.172. The third-order valence-corrected chi connectivity index (χ3v) is 3.22. The normalized spacial score (nSPS) is 20.5. The highest BCUT2D eigenvalue weighted by Crippen LogP contribution is 2.10. The Kier molecular flexibility index (Phi) is 7.21. The average molecular weight is 241 g/mol. The minimum absolute atomic E-state index is 0.172. The van der Waals surface area contributed by atoms with Crippen LogP contribution in [0.25, 0.3) is 0 Å². The summed E-state index contributed by atoms with van der Waals surface area (Å²) in [6, 6.07) is 0.538. The third kappa shape index (κ3) is 5.50. The maximum atomic E-state index is 11.8. The van der Waals surface area contributed by atoms with Gasteiger partial charge in [-0.05, 0) is 38.8 Å². The van der Waals surface area contributed by atoms with Crippen LogP contribution in [-0.2, 0) is 4.79 Å². The van der Waals surface area contributed by atoms with Crippen molar-refractivity contribution in [2.24, 2.45) is 0 Å². The zero-order chi connectivity index (χ0) is 12.5. The van der Waals surface area contributed by atoms with E-state index in [2.05, 4.69) is 29.4 Å². The molecule has 1 heterocycles. The lowest BCUT2D eigenvalue weighted by Crippen LogP contribution is -2.49. The maximum Gasteiger partial charge on any atom is 0.234 e. The zero-order valence-corrected chi connectivity index (χ0v) is 11.3. The molecule has 1 amide bonds. The van der Waals surface area contributed by atoms with Gasteiger partial charge in [-0.15, -0.1) is 0 Å². The third-order valence-electron chi connectivity index (χ3n) is 3.22. The van der Waals surface area contributed by atoms with Gasteiger partial charge in [0.25, 0.3) is 0 Å². The van der Waals surface area contributed by atoms with Crippen LogP contribution in [-0.4, -0.2) is 49.6 Å². The Morgan fingerprint density at radius 2 is 2.24 bits per heavy atom. The number of amides is 1. The molecule has 1 atom stereocenters. The fraction of sp³-hybridized carbons (Fsp3) is 0.923. The molecular formula is C13H27N3O. The lowest BCUT2D eigenvalue weighted by molar-refractivity contribution is -0.122. The smallest absolute Gasteiger partial charge is 0.234 e. The fourth-order valence-corrected chi connectivity index (χ4v) is 2.33. The number of piperidine rings is 1. The maximum absolute atomic E-state index is 11.8. The van der Waals surface area contributed by atoms with Crippen LogP contribution in [0.2, 0.25) is 0 Å². The summed E-state index contributed by atoms with van der Waals surface area (Å²) in [7, 11) is 0. The first-order chi connectivity index (χ1) is 8.27. The molecule has 0 aromatic carbocycles. The van der Waals surface area contributed by atoms with Crippen LogP contribution in [0.5, 0.6) is 0 Å². The molecular weight excluding hydrogens is 214 g/mol. The number of carbonyl (C=O) groups is 1. The lowest BCUT2D eigenvalue weighted by atomic mass is 10.1. The Morgan fingerprint density at radius 1 is 1.41 bits per heavy atom. The van der Waals surface area contributed by atoms with Crippen LogP contribution < -0.4 is 10.6 Å². The minimum Gasteiger partial charge on any atom is -0.355 e. The molecule has 1 aliphatic rings. The van der Waals surface area contributed by atoms with Crippen molar-refractivity contribution >= 4 is 5.91 Å². The fourth-order valence-electron chi connectivity index (χ4n) is 2.33. The van der Waals surface area contributed by atoms with E-state index in [0.717, 1.165) is 39.0 Å². The molecule has 1 saturated heterocycles. The standard InChI is InChI=1S/C13H27N3O/c1-3-7-15-13(17)11-16(9-4-2)12-6-5-8-14-10-12/h12,14H,3-11H2,1-2H3,(H,15,17). The van der Waals surface area contributed by atoms with Gasteiger partial charge in [-0.3, -0.25) is 9.69 Å². The Labute approximate surface area is 105 Å². The van der Waals surface area contributed by atoms with Gasteiger partial charge in [0.15, 0.2) is 0 Å². The molecule has 4 nitrogen and oxygen atoms in total. The molecule has 0 radical (unpaired) electrons. The highest BCUT2D eigenvalue weighted by atomic mass is 16.2. The van der Waals surface area contributed by atoms with Crippen LogP contribution in [0.15, 0.2) is 0 Å². The number of nitrogens with zero attached hydrogens (tertiary/aromatic N) is 1. The van der Waals surface area contributed by atoms with E-state index in [9.17, 15) is 4.79 Å². The number of hydrogen-bond donors (Lipinski definition) is 2. The van der Waals surface area contributed by atoms with Gasteiger partial charge in [-0.2, -0.15) is 0 Å². The SMILES string of the molecule is CCCNC(=O)CN(CCC)C1CCCNC1. The quantitative estimate of drug-likeness (QED) is 0.698. The number of hydrogen-bond acceptors (Lipinski definition) is 3. The van der Waals surface area contributed by atoms with E-state index in [1.165, 1.54) is 12.8 Å². The van der Waals surface area contributed by atoms with Crippen LogP contribution in [0.4, 0.5) is 0 Å². The highest BCUT2D eigenvalue weighted by molar-refractivity contribution is 5.78. The molecule has 4 heteroatoms. The molecule has 1 fully saturated rings. The number of rotatable bonds is 7. The summed E-state index contributed by atoms with van der Waals surface area (Å²) in [6.07, 6.45) is 4.55. The van der Waals surface area contributed by atoms with E-state index < -0.39 is 0 Å². The van der Waals surface area contributed by atoms with Gasteiger partial charge in [0.1, 0.15) is 0 Å². The van der Waals surface area contributed by atoms with Gasteiger partial charge in [-0.1, -0.05) is 13.8 Å². The van der Waals surface area contributed by atoms with Crippen molar-refractivity contribution in [3.8, 4) is 0 Å². The summed E-state index contributed by atoms with van der Waals surface area (Å²) >= 11 is 0. The average Bonchev–Trinajstić information content (AvgIpc) is 2.37. The Balaban J connectivity index is 2.38. The van der Waals surface area contributed by atoms with Crippen LogP contribution in [0.3, 0.4) is 0 Å². The highest BCUT2D eigenvalue weighted by Gasteiger charge is 2.21. The molecule has 100 valence electrons. The van der Waals surface area contributed by atoms with Gasteiger partial charge in [-0.25, -0.2) is 0 Å². The topological polar surface area (TPSA) is 44.4 Å². The monoisotopic (exact) mass is 241 g/mol.